The van der Waals surface area contributed by atoms with E-state index in [0.29, 0.717) is 16.7 Å². The Labute approximate surface area is 171 Å². The molecule has 0 saturated heterocycles. The molecule has 2 aromatic carbocycles. The number of thiophene rings is 1. The van der Waals surface area contributed by atoms with Gasteiger partial charge in [0.05, 0.1) is 23.0 Å². The summed E-state index contributed by atoms with van der Waals surface area (Å²) in [5.74, 6) is 1.38. The molecular formula is C20H17N5OS2. The van der Waals surface area contributed by atoms with Crippen LogP contribution in [0.4, 0.5) is 11.5 Å². The van der Waals surface area contributed by atoms with Crippen molar-refractivity contribution in [3.8, 4) is 16.2 Å². The normalized spacial score (nSPS) is 10.5. The fourth-order valence-corrected chi connectivity index (χ4v) is 3.93. The third-order valence-electron chi connectivity index (χ3n) is 4.02. The second kappa shape index (κ2) is 8.20. The van der Waals surface area contributed by atoms with E-state index in [-0.39, 0.29) is 0 Å². The number of aromatic nitrogens is 2. The second-order valence-corrected chi connectivity index (χ2v) is 7.28. The van der Waals surface area contributed by atoms with E-state index in [1.807, 2.05) is 42.5 Å². The Morgan fingerprint density at radius 1 is 1.04 bits per heavy atom. The van der Waals surface area contributed by atoms with E-state index in [2.05, 4.69) is 44.3 Å². The number of hydrogen-bond donors (Lipinski definition) is 3. The van der Waals surface area contributed by atoms with Crippen LogP contribution < -0.4 is 20.9 Å². The van der Waals surface area contributed by atoms with Gasteiger partial charge in [0.25, 0.3) is 0 Å². The summed E-state index contributed by atoms with van der Waals surface area (Å²) in [7, 11) is 1.62. The molecule has 2 heterocycles. The smallest absolute Gasteiger partial charge is 0.189 e. The van der Waals surface area contributed by atoms with Crippen LogP contribution in [0.5, 0.6) is 5.75 Å². The highest BCUT2D eigenvalue weighted by Gasteiger charge is 2.11. The summed E-state index contributed by atoms with van der Waals surface area (Å²) in [5, 5.41) is 3.50. The fourth-order valence-electron chi connectivity index (χ4n) is 2.71. The Hall–Kier alpha value is -3.23. The second-order valence-electron chi connectivity index (χ2n) is 5.82. The van der Waals surface area contributed by atoms with Crippen molar-refractivity contribution in [2.24, 2.45) is 0 Å². The highest BCUT2D eigenvalue weighted by molar-refractivity contribution is 7.80. The van der Waals surface area contributed by atoms with E-state index in [1.54, 1.807) is 18.4 Å². The van der Waals surface area contributed by atoms with Gasteiger partial charge in [-0.15, -0.1) is 11.3 Å². The highest BCUT2D eigenvalue weighted by atomic mass is 32.1. The lowest BCUT2D eigenvalue weighted by molar-refractivity contribution is 0.417. The quantitative estimate of drug-likeness (QED) is 0.328. The first-order valence-corrected chi connectivity index (χ1v) is 9.73. The van der Waals surface area contributed by atoms with Crippen LogP contribution in [0.2, 0.25) is 0 Å². The van der Waals surface area contributed by atoms with Gasteiger partial charge >= 0.3 is 0 Å². The first-order chi connectivity index (χ1) is 13.7. The number of nitrogens with zero attached hydrogens (tertiary/aromatic N) is 2. The van der Waals surface area contributed by atoms with Crippen molar-refractivity contribution in [2.75, 3.05) is 17.9 Å². The van der Waals surface area contributed by atoms with E-state index < -0.39 is 0 Å². The van der Waals surface area contributed by atoms with Gasteiger partial charge in [0, 0.05) is 4.88 Å². The molecule has 28 heavy (non-hydrogen) atoms. The Morgan fingerprint density at radius 2 is 1.82 bits per heavy atom. The molecule has 0 aliphatic carbocycles. The number of benzene rings is 2. The van der Waals surface area contributed by atoms with Gasteiger partial charge in [-0.3, -0.25) is 10.9 Å². The van der Waals surface area contributed by atoms with Crippen LogP contribution in [0, 0.1) is 0 Å². The van der Waals surface area contributed by atoms with Crippen molar-refractivity contribution < 1.29 is 4.74 Å². The van der Waals surface area contributed by atoms with Crippen molar-refractivity contribution in [3.05, 3.63) is 67.0 Å². The molecule has 4 aromatic rings. The number of methoxy groups -OCH3 is 1. The summed E-state index contributed by atoms with van der Waals surface area (Å²) in [6, 6.07) is 19.8. The number of anilines is 2. The lowest BCUT2D eigenvalue weighted by Crippen LogP contribution is -2.33. The van der Waals surface area contributed by atoms with E-state index in [1.165, 1.54) is 6.33 Å². The van der Waals surface area contributed by atoms with Crippen LogP contribution in [0.3, 0.4) is 0 Å². The summed E-state index contributed by atoms with van der Waals surface area (Å²) < 4.78 is 6.27. The number of ether oxygens (including phenoxy) is 1. The zero-order valence-electron chi connectivity index (χ0n) is 15.0. The van der Waals surface area contributed by atoms with Gasteiger partial charge in [0.15, 0.2) is 10.9 Å². The minimum absolute atomic E-state index is 0.399. The molecule has 0 radical (unpaired) electrons. The van der Waals surface area contributed by atoms with Gasteiger partial charge in [0.1, 0.15) is 12.1 Å². The first-order valence-electron chi connectivity index (χ1n) is 8.50. The minimum Gasteiger partial charge on any atom is -0.495 e. The number of hydrogen-bond acceptors (Lipinski definition) is 6. The van der Waals surface area contributed by atoms with Gasteiger partial charge in [-0.1, -0.05) is 42.5 Å². The molecule has 0 spiro atoms. The third-order valence-corrected chi connectivity index (χ3v) is 5.40. The third kappa shape index (κ3) is 3.88. The Kier molecular flexibility index (Phi) is 5.31. The van der Waals surface area contributed by atoms with Crippen LogP contribution in [0.15, 0.2) is 67.0 Å². The molecule has 6 nitrogen and oxygen atoms in total. The summed E-state index contributed by atoms with van der Waals surface area (Å²) in [5.41, 5.74) is 8.86. The summed E-state index contributed by atoms with van der Waals surface area (Å²) in [6.45, 7) is 0. The van der Waals surface area contributed by atoms with Crippen molar-refractivity contribution in [2.45, 2.75) is 0 Å². The summed E-state index contributed by atoms with van der Waals surface area (Å²) in [6.07, 6.45) is 1.53. The Bertz CT molecular complexity index is 1110. The maximum Gasteiger partial charge on any atom is 0.189 e. The fraction of sp³-hybridized carbons (Fsp3) is 0.0500. The van der Waals surface area contributed by atoms with E-state index in [4.69, 9.17) is 17.0 Å². The Morgan fingerprint density at radius 3 is 2.64 bits per heavy atom. The van der Waals surface area contributed by atoms with Crippen molar-refractivity contribution in [1.82, 2.24) is 15.4 Å². The Balaban J connectivity index is 1.50. The predicted molar refractivity (Wildman–Crippen MR) is 119 cm³/mol. The largest absolute Gasteiger partial charge is 0.495 e. The zero-order chi connectivity index (χ0) is 19.3. The molecule has 0 aliphatic heterocycles. The molecule has 0 amide bonds. The molecule has 0 saturated carbocycles. The minimum atomic E-state index is 0.399. The molecular weight excluding hydrogens is 390 g/mol. The van der Waals surface area contributed by atoms with E-state index in [9.17, 15) is 0 Å². The molecule has 0 aliphatic rings. The molecule has 8 heteroatoms. The van der Waals surface area contributed by atoms with Gasteiger partial charge in [-0.25, -0.2) is 9.97 Å². The number of fused-ring (bicyclic) bond motifs is 1. The highest BCUT2D eigenvalue weighted by Crippen LogP contribution is 2.35. The standard InChI is InChI=1S/C20H17N5OS2/c1-26-16-10-6-5-9-14(16)23-20(27)25-24-19-18-15(21-12-22-19)11-17(28-18)13-7-3-2-4-8-13/h2-12H,1H3,(H,21,22,24)(H2,23,25,27). The van der Waals surface area contributed by atoms with Crippen LogP contribution in [0.25, 0.3) is 20.7 Å². The van der Waals surface area contributed by atoms with Gasteiger partial charge < -0.3 is 10.1 Å². The molecule has 0 fully saturated rings. The molecule has 0 atom stereocenters. The molecule has 4 rings (SSSR count). The zero-order valence-corrected chi connectivity index (χ0v) is 16.6. The van der Waals surface area contributed by atoms with Gasteiger partial charge in [-0.2, -0.15) is 0 Å². The number of para-hydroxylation sites is 2. The number of hydrazine groups is 1. The van der Waals surface area contributed by atoms with Crippen LogP contribution in [-0.4, -0.2) is 22.2 Å². The molecule has 3 N–H and O–H groups in total. The summed E-state index contributed by atoms with van der Waals surface area (Å²) in [4.78, 5) is 9.85. The monoisotopic (exact) mass is 407 g/mol. The lowest BCUT2D eigenvalue weighted by atomic mass is 10.2. The van der Waals surface area contributed by atoms with Crippen molar-refractivity contribution in [3.63, 3.8) is 0 Å². The first kappa shape index (κ1) is 18.1. The number of rotatable bonds is 5. The van der Waals surface area contributed by atoms with Gasteiger partial charge in [0.2, 0.25) is 0 Å². The lowest BCUT2D eigenvalue weighted by Gasteiger charge is -2.14. The molecule has 0 unspecified atom stereocenters. The predicted octanol–water partition coefficient (Wildman–Crippen LogP) is 4.68. The maximum atomic E-state index is 5.37. The average molecular weight is 408 g/mol. The average Bonchev–Trinajstić information content (AvgIpc) is 3.18. The van der Waals surface area contributed by atoms with Gasteiger partial charge in [-0.05, 0) is 36.0 Å². The molecule has 2 aromatic heterocycles. The number of thiocarbonyl (C=S) groups is 1. The van der Waals surface area contributed by atoms with E-state index >= 15 is 0 Å². The van der Waals surface area contributed by atoms with Crippen LogP contribution in [0.1, 0.15) is 0 Å². The van der Waals surface area contributed by atoms with Crippen LogP contribution >= 0.6 is 23.6 Å². The summed E-state index contributed by atoms with van der Waals surface area (Å²) >= 11 is 6.99. The maximum absolute atomic E-state index is 5.37. The van der Waals surface area contributed by atoms with Crippen molar-refractivity contribution >= 4 is 50.4 Å². The number of nitrogens with one attached hydrogen (secondary N) is 3. The van der Waals surface area contributed by atoms with Crippen LogP contribution in [-0.2, 0) is 0 Å². The molecule has 0 bridgehead atoms. The topological polar surface area (TPSA) is 71.1 Å². The SMILES string of the molecule is COc1ccccc1NC(=S)NNc1ncnc2cc(-c3ccccc3)sc12. The van der Waals surface area contributed by atoms with E-state index in [0.717, 1.165) is 26.3 Å². The molecule has 140 valence electrons. The van der Waals surface area contributed by atoms with Crippen molar-refractivity contribution in [1.29, 1.82) is 0 Å².